The van der Waals surface area contributed by atoms with Crippen LogP contribution in [0.25, 0.3) is 0 Å². The number of benzene rings is 1. The number of anilines is 1. The van der Waals surface area contributed by atoms with Crippen molar-refractivity contribution in [3.8, 4) is 0 Å². The quantitative estimate of drug-likeness (QED) is 0.847. The van der Waals surface area contributed by atoms with E-state index in [1.807, 2.05) is 4.72 Å². The number of alkyl halides is 1. The average Bonchev–Trinajstić information content (AvgIpc) is 2.42. The maximum Gasteiger partial charge on any atom is 0.229 e. The number of nitrogens with one attached hydrogen (secondary N) is 1. The third-order valence-corrected chi connectivity index (χ3v) is 4.72. The molecule has 8 heteroatoms. The maximum absolute atomic E-state index is 14.8. The molecule has 0 spiro atoms. The highest BCUT2D eigenvalue weighted by Gasteiger charge is 2.32. The van der Waals surface area contributed by atoms with Crippen LogP contribution in [0.3, 0.4) is 0 Å². The number of hydrogen-bond acceptors (Lipinski definition) is 3. The van der Waals surface area contributed by atoms with Crippen molar-refractivity contribution in [2.75, 3.05) is 24.1 Å². The fraction of sp³-hybridized carbons (Fsp3) is 0.600. The summed E-state index contributed by atoms with van der Waals surface area (Å²) in [6, 6.07) is 1.88. The van der Waals surface area contributed by atoms with Gasteiger partial charge in [0.05, 0.1) is 11.9 Å². The molecule has 0 bridgehead atoms. The van der Waals surface area contributed by atoms with Gasteiger partial charge >= 0.3 is 0 Å². The van der Waals surface area contributed by atoms with Crippen molar-refractivity contribution >= 4 is 15.7 Å². The summed E-state index contributed by atoms with van der Waals surface area (Å²) in [4.78, 5) is 1.51. The van der Waals surface area contributed by atoms with Crippen molar-refractivity contribution in [2.45, 2.75) is 33.0 Å². The largest absolute Gasteiger partial charge is 0.280 e. The van der Waals surface area contributed by atoms with Crippen LogP contribution in [0.5, 0.6) is 0 Å². The van der Waals surface area contributed by atoms with Gasteiger partial charge in [-0.15, -0.1) is 0 Å². The Morgan fingerprint density at radius 2 is 1.78 bits per heavy atom. The van der Waals surface area contributed by atoms with E-state index in [2.05, 4.69) is 13.8 Å². The highest BCUT2D eigenvalue weighted by Crippen LogP contribution is 2.37. The number of likely N-dealkylation sites (tertiary alicyclic amines) is 1. The molecule has 1 heterocycles. The van der Waals surface area contributed by atoms with Crippen molar-refractivity contribution < 1.29 is 21.6 Å². The second kappa shape index (κ2) is 6.32. The molecule has 1 atom stereocenters. The maximum atomic E-state index is 14.8. The average molecular weight is 350 g/mol. The molecule has 1 aromatic rings. The van der Waals surface area contributed by atoms with Crippen LogP contribution in [-0.2, 0) is 10.0 Å². The van der Waals surface area contributed by atoms with Crippen LogP contribution in [0.15, 0.2) is 12.1 Å². The Bertz CT molecular complexity index is 682. The minimum absolute atomic E-state index is 0.109. The molecule has 1 unspecified atom stereocenters. The van der Waals surface area contributed by atoms with Gasteiger partial charge in [-0.2, -0.15) is 0 Å². The molecular formula is C15H21F3N2O2S. The lowest BCUT2D eigenvalue weighted by Crippen LogP contribution is -2.38. The topological polar surface area (TPSA) is 49.4 Å². The molecule has 1 N–H and O–H groups in total. The Morgan fingerprint density at radius 3 is 2.30 bits per heavy atom. The van der Waals surface area contributed by atoms with Crippen LogP contribution >= 0.6 is 0 Å². The van der Waals surface area contributed by atoms with E-state index >= 15 is 0 Å². The van der Waals surface area contributed by atoms with E-state index in [9.17, 15) is 21.6 Å². The first-order valence-electron chi connectivity index (χ1n) is 7.34. The van der Waals surface area contributed by atoms with E-state index in [1.165, 1.54) is 4.90 Å². The summed E-state index contributed by atoms with van der Waals surface area (Å²) in [7, 11) is -3.86. The summed E-state index contributed by atoms with van der Waals surface area (Å²) in [6.45, 7) is 5.11. The molecule has 23 heavy (non-hydrogen) atoms. The second-order valence-corrected chi connectivity index (χ2v) is 8.48. The Balaban J connectivity index is 2.33. The van der Waals surface area contributed by atoms with E-state index in [4.69, 9.17) is 0 Å². The lowest BCUT2D eigenvalue weighted by atomic mass is 9.82. The molecule has 1 aromatic carbocycles. The molecule has 0 radical (unpaired) electrons. The Hall–Kier alpha value is -1.28. The van der Waals surface area contributed by atoms with Gasteiger partial charge in [0, 0.05) is 18.7 Å². The zero-order chi connectivity index (χ0) is 17.4. The van der Waals surface area contributed by atoms with Gasteiger partial charge in [-0.05, 0) is 30.4 Å². The van der Waals surface area contributed by atoms with E-state index in [0.717, 1.165) is 31.2 Å². The molecule has 1 saturated heterocycles. The molecule has 0 saturated carbocycles. The molecule has 130 valence electrons. The Kier molecular flexibility index (Phi) is 4.96. The van der Waals surface area contributed by atoms with Crippen molar-refractivity contribution in [3.63, 3.8) is 0 Å². The van der Waals surface area contributed by atoms with Crippen molar-refractivity contribution in [1.29, 1.82) is 0 Å². The van der Waals surface area contributed by atoms with E-state index in [-0.39, 0.29) is 11.0 Å². The molecule has 0 amide bonds. The summed E-state index contributed by atoms with van der Waals surface area (Å²) in [6.07, 6.45) is 0.640. The standard InChI is InChI=1S/C15H21F3N2O2S/c1-15(2)6-8-20(9-7-15)14(18)10-4-5-11(16)12(17)13(10)19-23(3,21)22/h4-5,14,19H,6-9H2,1-3H3. The van der Waals surface area contributed by atoms with Gasteiger partial charge in [0.2, 0.25) is 10.0 Å². The molecule has 1 aliphatic heterocycles. The summed E-state index contributed by atoms with van der Waals surface area (Å²) in [5.74, 6) is -2.63. The molecule has 0 aliphatic carbocycles. The van der Waals surface area contributed by atoms with Crippen LogP contribution in [0.1, 0.15) is 38.5 Å². The predicted molar refractivity (Wildman–Crippen MR) is 83.3 cm³/mol. The molecule has 1 fully saturated rings. The van der Waals surface area contributed by atoms with Crippen molar-refractivity contribution in [2.24, 2.45) is 5.41 Å². The van der Waals surface area contributed by atoms with Gasteiger partial charge in [-0.3, -0.25) is 9.62 Å². The summed E-state index contributed by atoms with van der Waals surface area (Å²) in [5, 5.41) is 0. The van der Waals surface area contributed by atoms with Crippen LogP contribution in [0.4, 0.5) is 18.9 Å². The number of hydrogen-bond donors (Lipinski definition) is 1. The van der Waals surface area contributed by atoms with E-state index < -0.39 is 33.6 Å². The SMILES string of the molecule is CC1(C)CCN(C(F)c2ccc(F)c(F)c2NS(C)(=O)=O)CC1. The molecule has 4 nitrogen and oxygen atoms in total. The monoisotopic (exact) mass is 350 g/mol. The first kappa shape index (κ1) is 18.1. The summed E-state index contributed by atoms with van der Waals surface area (Å²) < 4.78 is 66.8. The highest BCUT2D eigenvalue weighted by molar-refractivity contribution is 7.92. The van der Waals surface area contributed by atoms with Gasteiger partial charge in [0.25, 0.3) is 0 Å². The fourth-order valence-corrected chi connectivity index (χ4v) is 3.18. The Labute approximate surface area is 134 Å². The lowest BCUT2D eigenvalue weighted by Gasteiger charge is -2.38. The smallest absolute Gasteiger partial charge is 0.229 e. The van der Waals surface area contributed by atoms with Crippen LogP contribution in [0, 0.1) is 17.0 Å². The Morgan fingerprint density at radius 1 is 1.22 bits per heavy atom. The third kappa shape index (κ3) is 4.38. The normalized spacial score (nSPS) is 20.3. The van der Waals surface area contributed by atoms with Gasteiger partial charge in [-0.25, -0.2) is 21.6 Å². The lowest BCUT2D eigenvalue weighted by molar-refractivity contribution is 0.0276. The molecular weight excluding hydrogens is 329 g/mol. The minimum atomic E-state index is -3.86. The number of piperidine rings is 1. The van der Waals surface area contributed by atoms with Gasteiger partial charge in [0.1, 0.15) is 0 Å². The summed E-state index contributed by atoms with van der Waals surface area (Å²) in [5.41, 5.74) is -0.767. The zero-order valence-electron chi connectivity index (χ0n) is 13.4. The number of halogens is 3. The fourth-order valence-electron chi connectivity index (χ4n) is 2.61. The van der Waals surface area contributed by atoms with Crippen molar-refractivity contribution in [1.82, 2.24) is 4.90 Å². The van der Waals surface area contributed by atoms with Crippen LogP contribution in [0.2, 0.25) is 0 Å². The number of nitrogens with zero attached hydrogens (tertiary/aromatic N) is 1. The number of sulfonamides is 1. The zero-order valence-corrected chi connectivity index (χ0v) is 14.2. The first-order chi connectivity index (χ1) is 10.5. The van der Waals surface area contributed by atoms with Crippen LogP contribution in [-0.4, -0.2) is 32.7 Å². The van der Waals surface area contributed by atoms with E-state index in [1.54, 1.807) is 0 Å². The number of rotatable bonds is 4. The third-order valence-electron chi connectivity index (χ3n) is 4.14. The van der Waals surface area contributed by atoms with Crippen molar-refractivity contribution in [3.05, 3.63) is 29.3 Å². The second-order valence-electron chi connectivity index (χ2n) is 6.74. The summed E-state index contributed by atoms with van der Waals surface area (Å²) >= 11 is 0. The molecule has 0 aromatic heterocycles. The van der Waals surface area contributed by atoms with Gasteiger partial charge in [0.15, 0.2) is 17.9 Å². The van der Waals surface area contributed by atoms with Crippen LogP contribution < -0.4 is 4.72 Å². The first-order valence-corrected chi connectivity index (χ1v) is 9.23. The molecule has 1 aliphatic rings. The molecule has 2 rings (SSSR count). The minimum Gasteiger partial charge on any atom is -0.280 e. The highest BCUT2D eigenvalue weighted by atomic mass is 32.2. The predicted octanol–water partition coefficient (Wildman–Crippen LogP) is 3.43. The van der Waals surface area contributed by atoms with Gasteiger partial charge in [-0.1, -0.05) is 13.8 Å². The van der Waals surface area contributed by atoms with E-state index in [0.29, 0.717) is 13.1 Å². The van der Waals surface area contributed by atoms with Gasteiger partial charge < -0.3 is 0 Å².